The van der Waals surface area contributed by atoms with E-state index >= 15 is 0 Å². The first-order valence-corrected chi connectivity index (χ1v) is 11.6. The van der Waals surface area contributed by atoms with Crippen molar-refractivity contribution >= 4 is 15.7 Å². The first-order valence-electron chi connectivity index (χ1n) is 9.93. The summed E-state index contributed by atoms with van der Waals surface area (Å²) in [6.45, 7) is 6.87. The predicted molar refractivity (Wildman–Crippen MR) is 111 cm³/mol. The number of imidazole rings is 1. The maximum Gasteiger partial charge on any atom is 0.228 e. The second-order valence-corrected chi connectivity index (χ2v) is 9.51. The molecule has 8 nitrogen and oxygen atoms in total. The molecule has 1 saturated heterocycles. The van der Waals surface area contributed by atoms with E-state index in [1.54, 1.807) is 13.1 Å². The van der Waals surface area contributed by atoms with Crippen molar-refractivity contribution in [3.8, 4) is 0 Å². The van der Waals surface area contributed by atoms with Crippen LogP contribution in [0.4, 0.5) is 0 Å². The van der Waals surface area contributed by atoms with Crippen LogP contribution in [0.25, 0.3) is 0 Å². The standard InChI is InChI=1S/C20H29N5O3S/c1-2-29(27,28)20-22-14-18(25(20)15-17-6-4-3-5-7-17)16-24-12-10-23(11-13-24)9-8-19(21)26/h3-7,14H,2,8-13,15-16H2,1H3,(H2,21,26). The second kappa shape index (κ2) is 9.51. The number of carbonyl (C=O) groups excluding carboxylic acids is 1. The Hall–Kier alpha value is -2.23. The molecule has 0 spiro atoms. The highest BCUT2D eigenvalue weighted by Crippen LogP contribution is 2.18. The zero-order valence-corrected chi connectivity index (χ0v) is 17.6. The number of sulfone groups is 1. The average molecular weight is 420 g/mol. The van der Waals surface area contributed by atoms with Crippen molar-refractivity contribution in [2.75, 3.05) is 38.5 Å². The monoisotopic (exact) mass is 419 g/mol. The van der Waals surface area contributed by atoms with Crippen LogP contribution >= 0.6 is 0 Å². The average Bonchev–Trinajstić information content (AvgIpc) is 3.11. The van der Waals surface area contributed by atoms with Crippen molar-refractivity contribution in [2.45, 2.75) is 31.6 Å². The minimum Gasteiger partial charge on any atom is -0.370 e. The maximum absolute atomic E-state index is 12.5. The van der Waals surface area contributed by atoms with E-state index in [1.807, 2.05) is 34.9 Å². The van der Waals surface area contributed by atoms with Gasteiger partial charge in [-0.05, 0) is 5.56 Å². The Balaban J connectivity index is 1.73. The third kappa shape index (κ3) is 5.65. The van der Waals surface area contributed by atoms with Crippen LogP contribution in [0.5, 0.6) is 0 Å². The van der Waals surface area contributed by atoms with Crippen LogP contribution in [0.2, 0.25) is 0 Å². The molecule has 3 rings (SSSR count). The van der Waals surface area contributed by atoms with Crippen molar-refractivity contribution in [3.63, 3.8) is 0 Å². The molecule has 1 fully saturated rings. The molecule has 1 aliphatic rings. The number of rotatable bonds is 9. The summed E-state index contributed by atoms with van der Waals surface area (Å²) in [4.78, 5) is 19.8. The summed E-state index contributed by atoms with van der Waals surface area (Å²) in [5.41, 5.74) is 7.17. The molecule has 1 aromatic heterocycles. The van der Waals surface area contributed by atoms with Crippen LogP contribution in [-0.2, 0) is 27.7 Å². The molecule has 2 aromatic rings. The van der Waals surface area contributed by atoms with E-state index < -0.39 is 9.84 Å². The van der Waals surface area contributed by atoms with Gasteiger partial charge < -0.3 is 15.2 Å². The lowest BCUT2D eigenvalue weighted by atomic mass is 10.2. The lowest BCUT2D eigenvalue weighted by molar-refractivity contribution is -0.118. The van der Waals surface area contributed by atoms with Crippen molar-refractivity contribution in [1.82, 2.24) is 19.4 Å². The molecule has 0 radical (unpaired) electrons. The van der Waals surface area contributed by atoms with Crippen LogP contribution in [0.3, 0.4) is 0 Å². The largest absolute Gasteiger partial charge is 0.370 e. The van der Waals surface area contributed by atoms with Crippen LogP contribution < -0.4 is 5.73 Å². The van der Waals surface area contributed by atoms with E-state index in [-0.39, 0.29) is 16.8 Å². The lowest BCUT2D eigenvalue weighted by Gasteiger charge is -2.34. The van der Waals surface area contributed by atoms with Gasteiger partial charge in [0.1, 0.15) is 0 Å². The van der Waals surface area contributed by atoms with Crippen molar-refractivity contribution < 1.29 is 13.2 Å². The van der Waals surface area contributed by atoms with E-state index in [2.05, 4.69) is 14.8 Å². The maximum atomic E-state index is 12.5. The molecule has 2 N–H and O–H groups in total. The number of benzene rings is 1. The quantitative estimate of drug-likeness (QED) is 0.643. The third-order valence-electron chi connectivity index (χ3n) is 5.27. The summed E-state index contributed by atoms with van der Waals surface area (Å²) in [6, 6.07) is 9.82. The zero-order valence-electron chi connectivity index (χ0n) is 16.8. The summed E-state index contributed by atoms with van der Waals surface area (Å²) >= 11 is 0. The molecule has 0 bridgehead atoms. The second-order valence-electron chi connectivity index (χ2n) is 7.34. The number of hydrogen-bond acceptors (Lipinski definition) is 6. The molecule has 0 atom stereocenters. The van der Waals surface area contributed by atoms with E-state index in [9.17, 15) is 13.2 Å². The fourth-order valence-electron chi connectivity index (χ4n) is 3.50. The van der Waals surface area contributed by atoms with E-state index in [4.69, 9.17) is 5.73 Å². The Morgan fingerprint density at radius 3 is 2.34 bits per heavy atom. The van der Waals surface area contributed by atoms with Crippen molar-refractivity contribution in [3.05, 3.63) is 47.8 Å². The number of hydrogen-bond donors (Lipinski definition) is 1. The van der Waals surface area contributed by atoms with Gasteiger partial charge in [-0.15, -0.1) is 0 Å². The normalized spacial score (nSPS) is 16.2. The number of primary amides is 1. The molecular weight excluding hydrogens is 390 g/mol. The molecule has 1 aliphatic heterocycles. The summed E-state index contributed by atoms with van der Waals surface area (Å²) < 4.78 is 26.9. The Bertz CT molecular complexity index is 919. The smallest absolute Gasteiger partial charge is 0.228 e. The van der Waals surface area contributed by atoms with Gasteiger partial charge in [-0.3, -0.25) is 9.69 Å². The number of piperazine rings is 1. The summed E-state index contributed by atoms with van der Waals surface area (Å²) in [6.07, 6.45) is 2.06. The highest BCUT2D eigenvalue weighted by molar-refractivity contribution is 7.91. The minimum atomic E-state index is -3.41. The first kappa shape index (κ1) is 21.5. The van der Waals surface area contributed by atoms with Gasteiger partial charge in [0.05, 0.1) is 24.2 Å². The van der Waals surface area contributed by atoms with Gasteiger partial charge in [-0.2, -0.15) is 0 Å². The molecule has 158 valence electrons. The lowest BCUT2D eigenvalue weighted by Crippen LogP contribution is -2.46. The molecule has 9 heteroatoms. The molecule has 0 unspecified atom stereocenters. The van der Waals surface area contributed by atoms with Crippen LogP contribution in [0.1, 0.15) is 24.6 Å². The predicted octanol–water partition coefficient (Wildman–Crippen LogP) is 0.718. The topological polar surface area (TPSA) is 102 Å². The number of aromatic nitrogens is 2. The van der Waals surface area contributed by atoms with E-state index in [0.717, 1.165) is 37.4 Å². The number of carbonyl (C=O) groups is 1. The molecule has 29 heavy (non-hydrogen) atoms. The number of nitrogens with zero attached hydrogens (tertiary/aromatic N) is 4. The molecule has 1 aromatic carbocycles. The van der Waals surface area contributed by atoms with Gasteiger partial charge in [0.2, 0.25) is 20.9 Å². The van der Waals surface area contributed by atoms with Crippen LogP contribution in [0, 0.1) is 0 Å². The Morgan fingerprint density at radius 1 is 1.07 bits per heavy atom. The molecule has 2 heterocycles. The van der Waals surface area contributed by atoms with Gasteiger partial charge in [0.25, 0.3) is 0 Å². The SMILES string of the molecule is CCS(=O)(=O)c1ncc(CN2CCN(CCC(N)=O)CC2)n1Cc1ccccc1. The summed E-state index contributed by atoms with van der Waals surface area (Å²) in [5, 5.41) is 0.138. The number of amides is 1. The minimum absolute atomic E-state index is 0.0246. The molecule has 0 saturated carbocycles. The van der Waals surface area contributed by atoms with E-state index in [1.165, 1.54) is 0 Å². The van der Waals surface area contributed by atoms with E-state index in [0.29, 0.717) is 26.1 Å². The number of nitrogens with two attached hydrogens (primary N) is 1. The molecule has 1 amide bonds. The highest BCUT2D eigenvalue weighted by atomic mass is 32.2. The van der Waals surface area contributed by atoms with Gasteiger partial charge in [-0.25, -0.2) is 13.4 Å². The fraction of sp³-hybridized carbons (Fsp3) is 0.500. The Kier molecular flexibility index (Phi) is 7.05. The zero-order chi connectivity index (χ0) is 20.9. The fourth-order valence-corrected chi connectivity index (χ4v) is 4.49. The highest BCUT2D eigenvalue weighted by Gasteiger charge is 2.24. The summed E-state index contributed by atoms with van der Waals surface area (Å²) in [5.74, 6) is -0.251. The van der Waals surface area contributed by atoms with Gasteiger partial charge >= 0.3 is 0 Å². The first-order chi connectivity index (χ1) is 13.9. The summed E-state index contributed by atoms with van der Waals surface area (Å²) in [7, 11) is -3.41. The van der Waals surface area contributed by atoms with Gasteiger partial charge in [0, 0.05) is 45.7 Å². The Labute approximate surface area is 172 Å². The molecular formula is C20H29N5O3S. The molecule has 0 aliphatic carbocycles. The third-order valence-corrected chi connectivity index (χ3v) is 6.91. The Morgan fingerprint density at radius 2 is 1.72 bits per heavy atom. The van der Waals surface area contributed by atoms with Crippen LogP contribution in [-0.4, -0.2) is 72.2 Å². The van der Waals surface area contributed by atoms with Gasteiger partial charge in [0.15, 0.2) is 0 Å². The van der Waals surface area contributed by atoms with Crippen molar-refractivity contribution in [1.29, 1.82) is 0 Å². The van der Waals surface area contributed by atoms with Crippen molar-refractivity contribution in [2.24, 2.45) is 5.73 Å². The van der Waals surface area contributed by atoms with Gasteiger partial charge in [-0.1, -0.05) is 37.3 Å². The van der Waals surface area contributed by atoms with Crippen LogP contribution in [0.15, 0.2) is 41.7 Å².